The van der Waals surface area contributed by atoms with E-state index in [0.717, 1.165) is 72.9 Å². The molecule has 134 heavy (non-hydrogen) atoms. The number of likely N-dealkylation sites (N-methyl/N-ethyl adjacent to an activating group) is 3. The van der Waals surface area contributed by atoms with E-state index in [0.29, 0.717) is 0 Å². The number of allylic oxidation sites excluding steroid dienone is 24. The Bertz CT molecular complexity index is 6640. The summed E-state index contributed by atoms with van der Waals surface area (Å²) < 4.78 is 7.07. The third-order valence-electron chi connectivity index (χ3n) is 30.4. The molecule has 12 heteroatoms. The molecule has 0 saturated heterocycles. The molecule has 12 aromatic rings. The number of halogens is 6. The molecule has 0 bridgehead atoms. The van der Waals surface area contributed by atoms with Crippen LogP contribution < -0.4 is 51.9 Å². The highest BCUT2D eigenvalue weighted by atomic mass is 35.5. The lowest BCUT2D eigenvalue weighted by atomic mass is 9.78. The van der Waals surface area contributed by atoms with Crippen LogP contribution in [0.25, 0.3) is 64.6 Å². The van der Waals surface area contributed by atoms with Crippen molar-refractivity contribution in [2.75, 3.05) is 57.0 Å². The van der Waals surface area contributed by atoms with Crippen LogP contribution in [0.4, 0.5) is 34.1 Å². The molecule has 6 nitrogen and oxygen atoms in total. The average Bonchev–Trinajstić information content (AvgIpc) is 1.61. The highest BCUT2D eigenvalue weighted by molar-refractivity contribution is 6.33. The zero-order valence-electron chi connectivity index (χ0n) is 79.5. The average molecular weight is 1890 g/mol. The summed E-state index contributed by atoms with van der Waals surface area (Å²) in [6.45, 7) is 28.1. The van der Waals surface area contributed by atoms with E-state index in [1.165, 1.54) is 200 Å². The van der Waals surface area contributed by atoms with Crippen molar-refractivity contribution in [3.63, 3.8) is 0 Å². The molecule has 0 spiro atoms. The van der Waals surface area contributed by atoms with Gasteiger partial charge in [-0.2, -0.15) is 13.7 Å². The standard InChI is InChI=1S/3C40H40ClN2.2CH4.3ClH/c3*1-39(2)34(42(5)32-22-18-26-12-7-9-16-30(26)36(32)39)24-20-28-14-11-15-29(38(28)41)21-25-35-40(3,4)37-31-17-10-8-13-27(31)19-23-33(37)43(35)6;;;;;/h3*7-10,12-13,16-25H,11,14-15H2,1-6H3;2*1H4;3*1H/q3*+1;;;;;/p-3. The predicted molar refractivity (Wildman–Crippen MR) is 569 cm³/mol. The number of nitrogens with zero attached hydrogens (tertiary/aromatic N) is 6. The number of anilines is 3. The Morgan fingerprint density at radius 2 is 0.463 bits per heavy atom. The van der Waals surface area contributed by atoms with Crippen molar-refractivity contribution >= 4 is 151 Å². The second-order valence-corrected chi connectivity index (χ2v) is 41.3. The molecule has 9 aliphatic rings. The quantitative estimate of drug-likeness (QED) is 0.134. The zero-order valence-corrected chi connectivity index (χ0v) is 84.1. The van der Waals surface area contributed by atoms with Gasteiger partial charge in [0.2, 0.25) is 17.1 Å². The molecule has 12 aromatic carbocycles. The number of hydrogen-bond acceptors (Lipinski definition) is 3. The zero-order chi connectivity index (χ0) is 90.3. The molecule has 21 rings (SSSR count). The molecule has 0 amide bonds. The molecule has 0 atom stereocenters. The van der Waals surface area contributed by atoms with E-state index in [1.807, 2.05) is 0 Å². The smallest absolute Gasteiger partial charge is 0.210 e. The number of benzene rings is 12. The number of fused-ring (bicyclic) bond motifs is 18. The van der Waals surface area contributed by atoms with Gasteiger partial charge in [0.05, 0.1) is 16.2 Å². The van der Waals surface area contributed by atoms with E-state index in [2.05, 4.69) is 445 Å². The molecule has 0 N–H and O–H groups in total. The van der Waals surface area contributed by atoms with Crippen LogP contribution in [0.5, 0.6) is 0 Å². The maximum atomic E-state index is 7.16. The molecule has 6 aliphatic heterocycles. The van der Waals surface area contributed by atoms with Crippen molar-refractivity contribution in [3.8, 4) is 0 Å². The topological polar surface area (TPSA) is 18.8 Å². The molecule has 0 unspecified atom stereocenters. The van der Waals surface area contributed by atoms with Crippen molar-refractivity contribution in [2.24, 2.45) is 0 Å². The van der Waals surface area contributed by atoms with Crippen LogP contribution in [0.3, 0.4) is 0 Å². The summed E-state index contributed by atoms with van der Waals surface area (Å²) in [6.07, 6.45) is 36.8. The summed E-state index contributed by atoms with van der Waals surface area (Å²) >= 11 is 21.5. The van der Waals surface area contributed by atoms with Crippen LogP contribution in [-0.2, 0) is 32.5 Å². The van der Waals surface area contributed by atoms with Crippen LogP contribution in [0.1, 0.15) is 189 Å². The first-order chi connectivity index (χ1) is 61.8. The van der Waals surface area contributed by atoms with Gasteiger partial charge in [-0.15, -0.1) is 0 Å². The van der Waals surface area contributed by atoms with Gasteiger partial charge in [0.1, 0.15) is 21.1 Å². The van der Waals surface area contributed by atoms with E-state index in [4.69, 9.17) is 34.8 Å². The Hall–Kier alpha value is -10.8. The molecule has 3 aliphatic carbocycles. The first-order valence-corrected chi connectivity index (χ1v) is 47.6. The number of rotatable bonds is 9. The van der Waals surface area contributed by atoms with Crippen molar-refractivity contribution in [1.82, 2.24) is 0 Å². The molecular formula is C122H128Cl6N6. The van der Waals surface area contributed by atoms with Crippen molar-refractivity contribution in [2.45, 2.75) is 188 Å². The largest absolute Gasteiger partial charge is 1.00 e. The van der Waals surface area contributed by atoms with Gasteiger partial charge in [-0.3, -0.25) is 0 Å². The minimum atomic E-state index is -0.107. The molecular weight excluding hydrogens is 1760 g/mol. The maximum absolute atomic E-state index is 7.16. The van der Waals surface area contributed by atoms with Crippen molar-refractivity contribution < 1.29 is 50.9 Å². The highest BCUT2D eigenvalue weighted by Crippen LogP contribution is 2.56. The van der Waals surface area contributed by atoms with Crippen LogP contribution in [-0.4, -0.2) is 73.1 Å². The lowest BCUT2D eigenvalue weighted by Gasteiger charge is -2.25. The second-order valence-electron chi connectivity index (χ2n) is 40.2. The third-order valence-corrected chi connectivity index (χ3v) is 31.8. The summed E-state index contributed by atoms with van der Waals surface area (Å²) in [7, 11) is 13.2. The molecule has 0 fully saturated rings. The van der Waals surface area contributed by atoms with Crippen LogP contribution >= 0.6 is 34.8 Å². The van der Waals surface area contributed by atoms with Gasteiger partial charge in [0, 0.05) is 140 Å². The third kappa shape index (κ3) is 16.6. The Morgan fingerprint density at radius 3 is 0.694 bits per heavy atom. The minimum absolute atomic E-state index is 0. The van der Waals surface area contributed by atoms with Crippen LogP contribution in [0.2, 0.25) is 0 Å². The van der Waals surface area contributed by atoms with Crippen LogP contribution in [0.15, 0.2) is 357 Å². The Labute approximate surface area is 830 Å². The predicted octanol–water partition coefficient (Wildman–Crippen LogP) is 23.7. The van der Waals surface area contributed by atoms with E-state index in [9.17, 15) is 0 Å². The van der Waals surface area contributed by atoms with Gasteiger partial charge < -0.3 is 51.9 Å². The summed E-state index contributed by atoms with van der Waals surface area (Å²) in [5, 5.41) is 18.5. The molecule has 6 heterocycles. The fourth-order valence-corrected chi connectivity index (χ4v) is 24.8. The Kier molecular flexibility index (Phi) is 28.2. The summed E-state index contributed by atoms with van der Waals surface area (Å²) in [6, 6.07) is 79.4. The summed E-state index contributed by atoms with van der Waals surface area (Å²) in [4.78, 5) is 7.07. The normalized spacial score (nSPS) is 20.4. The first-order valence-electron chi connectivity index (χ1n) is 46.4. The molecule has 0 radical (unpaired) electrons. The highest BCUT2D eigenvalue weighted by Gasteiger charge is 2.49. The summed E-state index contributed by atoms with van der Waals surface area (Å²) in [5.41, 5.74) is 30.7. The van der Waals surface area contributed by atoms with E-state index >= 15 is 0 Å². The fraction of sp³-hybridized carbons (Fsp3) is 0.287. The summed E-state index contributed by atoms with van der Waals surface area (Å²) in [5.74, 6) is 0. The molecule has 0 saturated carbocycles. The monoisotopic (exact) mass is 1890 g/mol. The lowest BCUT2D eigenvalue weighted by Crippen LogP contribution is -3.00. The Balaban J connectivity index is 0.000000158. The van der Waals surface area contributed by atoms with Gasteiger partial charge in [-0.1, -0.05) is 291 Å². The van der Waals surface area contributed by atoms with Gasteiger partial charge in [-0.25, -0.2) is 0 Å². The van der Waals surface area contributed by atoms with Gasteiger partial charge in [0.25, 0.3) is 0 Å². The van der Waals surface area contributed by atoms with Crippen molar-refractivity contribution in [3.05, 3.63) is 390 Å². The molecule has 688 valence electrons. The van der Waals surface area contributed by atoms with Crippen LogP contribution in [0, 0.1) is 0 Å². The second kappa shape index (κ2) is 38.1. The minimum Gasteiger partial charge on any atom is -1.00 e. The SMILES string of the molecule is C.C.CN1C(=CC=C2CCCC(C=CC3=[N+](C)c4ccc5ccccc5c4C3(C)C)=C2Cl)C(C)(C)c2c1ccc1ccccc21.CN1C(=CC=C2CCCC(C=CC3=[N+](C)c4ccc5ccccc5c4C3(C)C)=C2Cl)C(C)(C)c2c1ccc1ccccc21.CN1C(=CC=C2CCCC(C=CC3=[N+](C)c4ccc5ccccc5c4C3(C)C)=C2Cl)C(C)(C)c2c1ccc1ccccc21.[Cl-].[Cl-].[Cl-]. The van der Waals surface area contributed by atoms with E-state index in [-0.39, 0.29) is 84.6 Å². The fourth-order valence-electron chi connectivity index (χ4n) is 23.9. The number of hydrogen-bond donors (Lipinski definition) is 0. The Morgan fingerprint density at radius 1 is 0.254 bits per heavy atom. The molecule has 0 aromatic heterocycles. The van der Waals surface area contributed by atoms with E-state index < -0.39 is 0 Å². The van der Waals surface area contributed by atoms with Gasteiger partial charge in [0.15, 0.2) is 17.1 Å². The lowest BCUT2D eigenvalue weighted by molar-refractivity contribution is -0.401. The van der Waals surface area contributed by atoms with Crippen molar-refractivity contribution in [1.29, 1.82) is 0 Å². The van der Waals surface area contributed by atoms with E-state index in [1.54, 1.807) is 0 Å². The van der Waals surface area contributed by atoms with Gasteiger partial charge in [-0.05, 0) is 269 Å². The van der Waals surface area contributed by atoms with Gasteiger partial charge >= 0.3 is 0 Å². The first kappa shape index (κ1) is 99.2. The maximum Gasteiger partial charge on any atom is 0.210 e.